The summed E-state index contributed by atoms with van der Waals surface area (Å²) < 4.78 is 5.04. The number of ether oxygens (including phenoxy) is 1. The van der Waals surface area contributed by atoms with Crippen LogP contribution >= 0.6 is 23.2 Å². The summed E-state index contributed by atoms with van der Waals surface area (Å²) in [4.78, 5) is 24.0. The standard InChI is InChI=1S/C17H21Cl2NO3/c1-10-4-3-5-15(11(10)2)20-16(21)9-23-17(22)13-8-12(18)6-7-14(13)19/h6-8,10-11,15H,3-5,9H2,1-2H3,(H,20,21)/t10-,11-,15+/m1/s1. The molecule has 1 aromatic rings. The van der Waals surface area contributed by atoms with Gasteiger partial charge in [-0.2, -0.15) is 0 Å². The molecule has 1 aliphatic rings. The third-order valence-electron chi connectivity index (χ3n) is 4.54. The molecule has 2 rings (SSSR count). The maximum Gasteiger partial charge on any atom is 0.340 e. The summed E-state index contributed by atoms with van der Waals surface area (Å²) in [5.74, 6) is 0.0628. The van der Waals surface area contributed by atoms with Crippen LogP contribution in [0.2, 0.25) is 10.0 Å². The number of benzene rings is 1. The van der Waals surface area contributed by atoms with Gasteiger partial charge in [0.25, 0.3) is 5.91 Å². The fourth-order valence-electron chi connectivity index (χ4n) is 2.90. The second-order valence-electron chi connectivity index (χ2n) is 6.14. The van der Waals surface area contributed by atoms with Gasteiger partial charge in [0.1, 0.15) is 0 Å². The number of carbonyl (C=O) groups is 2. The van der Waals surface area contributed by atoms with Crippen LogP contribution in [0.3, 0.4) is 0 Å². The van der Waals surface area contributed by atoms with Crippen LogP contribution in [-0.4, -0.2) is 24.5 Å². The maximum absolute atomic E-state index is 12.0. The number of amides is 1. The van der Waals surface area contributed by atoms with E-state index in [1.54, 1.807) is 6.07 Å². The number of carbonyl (C=O) groups excluding carboxylic acids is 2. The molecule has 0 heterocycles. The summed E-state index contributed by atoms with van der Waals surface area (Å²) in [6, 6.07) is 4.67. The Morgan fingerprint density at radius 1 is 1.26 bits per heavy atom. The fraction of sp³-hybridized carbons (Fsp3) is 0.529. The van der Waals surface area contributed by atoms with Gasteiger partial charge in [0, 0.05) is 11.1 Å². The van der Waals surface area contributed by atoms with E-state index in [-0.39, 0.29) is 29.1 Å². The largest absolute Gasteiger partial charge is 0.452 e. The van der Waals surface area contributed by atoms with Crippen LogP contribution in [0.1, 0.15) is 43.5 Å². The van der Waals surface area contributed by atoms with Crippen LogP contribution in [-0.2, 0) is 9.53 Å². The Morgan fingerprint density at radius 2 is 2.00 bits per heavy atom. The van der Waals surface area contributed by atoms with Crippen LogP contribution in [0.5, 0.6) is 0 Å². The van der Waals surface area contributed by atoms with Crippen molar-refractivity contribution in [2.75, 3.05) is 6.61 Å². The number of hydrogen-bond acceptors (Lipinski definition) is 3. The molecule has 0 aliphatic heterocycles. The number of halogens is 2. The van der Waals surface area contributed by atoms with Gasteiger partial charge in [-0.3, -0.25) is 4.79 Å². The van der Waals surface area contributed by atoms with E-state index in [1.165, 1.54) is 18.6 Å². The second kappa shape index (κ2) is 8.02. The number of nitrogens with one attached hydrogen (secondary N) is 1. The van der Waals surface area contributed by atoms with E-state index < -0.39 is 5.97 Å². The number of esters is 1. The van der Waals surface area contributed by atoms with Crippen LogP contribution in [0, 0.1) is 11.8 Å². The van der Waals surface area contributed by atoms with Gasteiger partial charge in [0.05, 0.1) is 10.6 Å². The lowest BCUT2D eigenvalue weighted by atomic mass is 9.78. The molecule has 0 radical (unpaired) electrons. The lowest BCUT2D eigenvalue weighted by Gasteiger charge is -2.34. The van der Waals surface area contributed by atoms with Crippen LogP contribution < -0.4 is 5.32 Å². The van der Waals surface area contributed by atoms with Gasteiger partial charge in [-0.25, -0.2) is 4.79 Å². The van der Waals surface area contributed by atoms with Crippen molar-refractivity contribution < 1.29 is 14.3 Å². The molecule has 0 saturated heterocycles. The highest BCUT2D eigenvalue weighted by molar-refractivity contribution is 6.35. The summed E-state index contributed by atoms with van der Waals surface area (Å²) in [6.45, 7) is 4.02. The first-order valence-electron chi connectivity index (χ1n) is 7.80. The summed E-state index contributed by atoms with van der Waals surface area (Å²) in [5.41, 5.74) is 0.159. The van der Waals surface area contributed by atoms with E-state index in [2.05, 4.69) is 19.2 Å². The zero-order valence-electron chi connectivity index (χ0n) is 13.3. The first kappa shape index (κ1) is 18.1. The Kier molecular flexibility index (Phi) is 6.31. The van der Waals surface area contributed by atoms with E-state index >= 15 is 0 Å². The third-order valence-corrected chi connectivity index (χ3v) is 5.10. The Labute approximate surface area is 146 Å². The third kappa shape index (κ3) is 4.85. The number of rotatable bonds is 4. The zero-order chi connectivity index (χ0) is 17.0. The van der Waals surface area contributed by atoms with Crippen molar-refractivity contribution in [3.8, 4) is 0 Å². The molecule has 0 unspecified atom stereocenters. The van der Waals surface area contributed by atoms with Gasteiger partial charge < -0.3 is 10.1 Å². The predicted molar refractivity (Wildman–Crippen MR) is 90.9 cm³/mol. The van der Waals surface area contributed by atoms with E-state index in [0.717, 1.165) is 12.8 Å². The molecule has 0 aromatic heterocycles. The van der Waals surface area contributed by atoms with Crippen molar-refractivity contribution in [2.24, 2.45) is 11.8 Å². The highest BCUT2D eigenvalue weighted by Gasteiger charge is 2.28. The fourth-order valence-corrected chi connectivity index (χ4v) is 3.26. The molecule has 1 N–H and O–H groups in total. The van der Waals surface area contributed by atoms with Gasteiger partial charge in [0.15, 0.2) is 6.61 Å². The topological polar surface area (TPSA) is 55.4 Å². The van der Waals surface area contributed by atoms with Gasteiger partial charge in [-0.05, 0) is 36.5 Å². The molecule has 6 heteroatoms. The van der Waals surface area contributed by atoms with E-state index in [1.807, 2.05) is 0 Å². The molecule has 4 nitrogen and oxygen atoms in total. The summed E-state index contributed by atoms with van der Waals surface area (Å²) in [5, 5.41) is 3.59. The molecule has 1 aromatic carbocycles. The summed E-state index contributed by atoms with van der Waals surface area (Å²) in [7, 11) is 0. The van der Waals surface area contributed by atoms with Crippen molar-refractivity contribution in [3.05, 3.63) is 33.8 Å². The first-order chi connectivity index (χ1) is 10.9. The quantitative estimate of drug-likeness (QED) is 0.825. The molecule has 1 amide bonds. The Bertz CT molecular complexity index is 591. The van der Waals surface area contributed by atoms with E-state index in [9.17, 15) is 9.59 Å². The number of hydrogen-bond donors (Lipinski definition) is 1. The highest BCUT2D eigenvalue weighted by Crippen LogP contribution is 2.29. The monoisotopic (exact) mass is 357 g/mol. The average Bonchev–Trinajstić information content (AvgIpc) is 2.52. The zero-order valence-corrected chi connectivity index (χ0v) is 14.8. The van der Waals surface area contributed by atoms with Crippen LogP contribution in [0.15, 0.2) is 18.2 Å². The molecule has 1 saturated carbocycles. The molecule has 1 aliphatic carbocycles. The van der Waals surface area contributed by atoms with Gasteiger partial charge in [-0.1, -0.05) is 49.9 Å². The SMILES string of the molecule is C[C@@H]1[C@H](C)CCC[C@@H]1NC(=O)COC(=O)c1cc(Cl)ccc1Cl. The Morgan fingerprint density at radius 3 is 2.74 bits per heavy atom. The first-order valence-corrected chi connectivity index (χ1v) is 8.55. The molecule has 0 bridgehead atoms. The van der Waals surface area contributed by atoms with Crippen LogP contribution in [0.25, 0.3) is 0 Å². The van der Waals surface area contributed by atoms with E-state index in [4.69, 9.17) is 27.9 Å². The average molecular weight is 358 g/mol. The molecule has 1 fully saturated rings. The van der Waals surface area contributed by atoms with Gasteiger partial charge >= 0.3 is 5.97 Å². The van der Waals surface area contributed by atoms with Crippen molar-refractivity contribution in [1.82, 2.24) is 5.32 Å². The molecule has 126 valence electrons. The molecule has 0 spiro atoms. The normalized spacial score (nSPS) is 24.1. The smallest absolute Gasteiger partial charge is 0.340 e. The minimum absolute atomic E-state index is 0.139. The lowest BCUT2D eigenvalue weighted by Crippen LogP contribution is -2.45. The maximum atomic E-state index is 12.0. The van der Waals surface area contributed by atoms with Crippen LogP contribution in [0.4, 0.5) is 0 Å². The van der Waals surface area contributed by atoms with Crippen molar-refractivity contribution in [1.29, 1.82) is 0 Å². The predicted octanol–water partition coefficient (Wildman–Crippen LogP) is 4.09. The van der Waals surface area contributed by atoms with Gasteiger partial charge in [0.2, 0.25) is 0 Å². The minimum Gasteiger partial charge on any atom is -0.452 e. The second-order valence-corrected chi connectivity index (χ2v) is 6.99. The Balaban J connectivity index is 1.86. The van der Waals surface area contributed by atoms with Crippen molar-refractivity contribution >= 4 is 35.1 Å². The van der Waals surface area contributed by atoms with E-state index in [0.29, 0.717) is 16.9 Å². The Hall–Kier alpha value is -1.26. The summed E-state index contributed by atoms with van der Waals surface area (Å²) in [6.07, 6.45) is 3.26. The molecule has 23 heavy (non-hydrogen) atoms. The summed E-state index contributed by atoms with van der Waals surface area (Å²) >= 11 is 11.8. The molecular weight excluding hydrogens is 337 g/mol. The molecule has 3 atom stereocenters. The van der Waals surface area contributed by atoms with Crippen molar-refractivity contribution in [2.45, 2.75) is 39.2 Å². The minimum atomic E-state index is -0.655. The van der Waals surface area contributed by atoms with Crippen molar-refractivity contribution in [3.63, 3.8) is 0 Å². The molecular formula is C17H21Cl2NO3. The van der Waals surface area contributed by atoms with Gasteiger partial charge in [-0.15, -0.1) is 0 Å². The lowest BCUT2D eigenvalue weighted by molar-refractivity contribution is -0.125. The highest BCUT2D eigenvalue weighted by atomic mass is 35.5.